The molecule has 1 heterocycles. The van der Waals surface area contributed by atoms with E-state index in [0.717, 1.165) is 17.3 Å². The first-order valence-corrected chi connectivity index (χ1v) is 3.26. The van der Waals surface area contributed by atoms with Crippen LogP contribution in [0.15, 0.2) is 11.3 Å². The van der Waals surface area contributed by atoms with E-state index in [-0.39, 0.29) is 10.9 Å². The van der Waals surface area contributed by atoms with E-state index in [1.54, 1.807) is 6.92 Å². The summed E-state index contributed by atoms with van der Waals surface area (Å²) in [5.74, 6) is 0.611. The summed E-state index contributed by atoms with van der Waals surface area (Å²) >= 11 is 1.15. The predicted molar refractivity (Wildman–Crippen MR) is 32.8 cm³/mol. The van der Waals surface area contributed by atoms with Crippen molar-refractivity contribution in [3.05, 3.63) is 11.3 Å². The minimum Gasteiger partial charge on any atom is -0.504 e. The van der Waals surface area contributed by atoms with Crippen LogP contribution >= 0.6 is 11.8 Å². The van der Waals surface area contributed by atoms with Crippen molar-refractivity contribution in [2.75, 3.05) is 5.75 Å². The van der Waals surface area contributed by atoms with E-state index < -0.39 is 0 Å². The molecule has 3 heteroatoms. The molecule has 0 aromatic carbocycles. The van der Waals surface area contributed by atoms with Crippen LogP contribution < -0.4 is 0 Å². The molecule has 1 aliphatic rings. The minimum absolute atomic E-state index is 0.0463. The van der Waals surface area contributed by atoms with Crippen LogP contribution in [0.25, 0.3) is 0 Å². The molecule has 0 radical (unpaired) electrons. The molecule has 0 amide bonds. The van der Waals surface area contributed by atoms with Crippen molar-refractivity contribution >= 4 is 16.9 Å². The van der Waals surface area contributed by atoms with Crippen molar-refractivity contribution in [1.82, 2.24) is 0 Å². The quantitative estimate of drug-likeness (QED) is 0.533. The van der Waals surface area contributed by atoms with Gasteiger partial charge in [-0.05, 0) is 12.5 Å². The maximum atomic E-state index is 10.4. The maximum Gasteiger partial charge on any atom is 0.254 e. The number of carbonyl (C=O) groups is 1. The highest BCUT2D eigenvalue weighted by atomic mass is 32.2. The monoisotopic (exact) mass is 130 g/mol. The molecule has 0 spiro atoms. The first kappa shape index (κ1) is 5.69. The van der Waals surface area contributed by atoms with Crippen LogP contribution in [-0.2, 0) is 4.79 Å². The molecule has 44 valence electrons. The van der Waals surface area contributed by atoms with E-state index in [1.165, 1.54) is 0 Å². The van der Waals surface area contributed by atoms with Crippen molar-refractivity contribution < 1.29 is 9.90 Å². The van der Waals surface area contributed by atoms with Crippen molar-refractivity contribution in [3.63, 3.8) is 0 Å². The van der Waals surface area contributed by atoms with Gasteiger partial charge in [-0.15, -0.1) is 0 Å². The molecule has 2 nitrogen and oxygen atoms in total. The molecule has 8 heavy (non-hydrogen) atoms. The molecule has 1 aliphatic heterocycles. The molecule has 0 aromatic rings. The summed E-state index contributed by atoms with van der Waals surface area (Å²) in [6.07, 6.45) is 0. The summed E-state index contributed by atoms with van der Waals surface area (Å²) in [6, 6.07) is 0. The normalized spacial score (nSPS) is 20.4. The van der Waals surface area contributed by atoms with Crippen LogP contribution in [0.4, 0.5) is 0 Å². The average Bonchev–Trinajstić information content (AvgIpc) is 1.98. The Bertz CT molecular complexity index is 160. The number of aliphatic hydroxyl groups excluding tert-OH is 1. The Balaban J connectivity index is 2.86. The van der Waals surface area contributed by atoms with E-state index in [2.05, 4.69) is 0 Å². The fraction of sp³-hybridized carbons (Fsp3) is 0.400. The Labute approximate surface area is 51.6 Å². The van der Waals surface area contributed by atoms with Gasteiger partial charge in [-0.3, -0.25) is 4.79 Å². The van der Waals surface area contributed by atoms with E-state index in [1.807, 2.05) is 0 Å². The lowest BCUT2D eigenvalue weighted by Gasteiger charge is -1.84. The van der Waals surface area contributed by atoms with Crippen molar-refractivity contribution in [2.24, 2.45) is 0 Å². The molecule has 0 saturated carbocycles. The summed E-state index contributed by atoms with van der Waals surface area (Å²) in [5, 5.41) is 8.58. The number of thioether (sulfide) groups is 1. The van der Waals surface area contributed by atoms with E-state index in [4.69, 9.17) is 5.11 Å². The molecular weight excluding hydrogens is 124 g/mol. The minimum atomic E-state index is -0.192. The van der Waals surface area contributed by atoms with Gasteiger partial charge in [0.25, 0.3) is 5.12 Å². The Kier molecular flexibility index (Phi) is 1.29. The fourth-order valence-electron chi connectivity index (χ4n) is 0.485. The zero-order valence-electron chi connectivity index (χ0n) is 4.47. The summed E-state index contributed by atoms with van der Waals surface area (Å²) in [4.78, 5) is 10.4. The SMILES string of the molecule is CC1=C(O)C(=O)SC1. The molecule has 0 fully saturated rings. The van der Waals surface area contributed by atoms with Crippen molar-refractivity contribution in [3.8, 4) is 0 Å². The summed E-state index contributed by atoms with van der Waals surface area (Å²) < 4.78 is 0. The number of rotatable bonds is 0. The topological polar surface area (TPSA) is 37.3 Å². The highest BCUT2D eigenvalue weighted by Crippen LogP contribution is 2.23. The Hall–Kier alpha value is -0.440. The smallest absolute Gasteiger partial charge is 0.254 e. The Morgan fingerprint density at radius 2 is 2.38 bits per heavy atom. The Morgan fingerprint density at radius 1 is 1.75 bits per heavy atom. The first-order chi connectivity index (χ1) is 3.72. The van der Waals surface area contributed by atoms with Crippen molar-refractivity contribution in [2.45, 2.75) is 6.92 Å². The van der Waals surface area contributed by atoms with E-state index >= 15 is 0 Å². The molecule has 0 saturated heterocycles. The van der Waals surface area contributed by atoms with E-state index in [9.17, 15) is 4.79 Å². The molecule has 1 N–H and O–H groups in total. The lowest BCUT2D eigenvalue weighted by atomic mass is 10.3. The largest absolute Gasteiger partial charge is 0.504 e. The summed E-state index contributed by atoms with van der Waals surface area (Å²) in [6.45, 7) is 1.76. The van der Waals surface area contributed by atoms with Crippen LogP contribution in [0.5, 0.6) is 0 Å². The number of hydrogen-bond acceptors (Lipinski definition) is 3. The number of hydrogen-bond donors (Lipinski definition) is 1. The second kappa shape index (κ2) is 1.82. The molecule has 0 aliphatic carbocycles. The third kappa shape index (κ3) is 0.733. The standard InChI is InChI=1S/C5H6O2S/c1-3-2-8-5(7)4(3)6/h6H,2H2,1H3. The fourth-order valence-corrected chi connectivity index (χ4v) is 1.28. The third-order valence-corrected chi connectivity index (χ3v) is 2.05. The zero-order chi connectivity index (χ0) is 6.15. The summed E-state index contributed by atoms with van der Waals surface area (Å²) in [5.41, 5.74) is 0.792. The average molecular weight is 130 g/mol. The lowest BCUT2D eigenvalue weighted by Crippen LogP contribution is -1.88. The van der Waals surface area contributed by atoms with Crippen LogP contribution in [-0.4, -0.2) is 16.0 Å². The third-order valence-electron chi connectivity index (χ3n) is 1.02. The Morgan fingerprint density at radius 3 is 2.50 bits per heavy atom. The number of aliphatic hydroxyl groups is 1. The van der Waals surface area contributed by atoms with Gasteiger partial charge >= 0.3 is 0 Å². The van der Waals surface area contributed by atoms with Gasteiger partial charge in [0, 0.05) is 5.75 Å². The molecule has 0 bridgehead atoms. The lowest BCUT2D eigenvalue weighted by molar-refractivity contribution is -0.109. The zero-order valence-corrected chi connectivity index (χ0v) is 5.29. The molecule has 0 atom stereocenters. The van der Waals surface area contributed by atoms with Gasteiger partial charge < -0.3 is 5.11 Å². The van der Waals surface area contributed by atoms with Gasteiger partial charge in [-0.1, -0.05) is 11.8 Å². The molecule has 0 unspecified atom stereocenters. The predicted octanol–water partition coefficient (Wildman–Crippen LogP) is 1.09. The highest BCUT2D eigenvalue weighted by molar-refractivity contribution is 8.14. The second-order valence-corrected chi connectivity index (χ2v) is 2.65. The maximum absolute atomic E-state index is 10.4. The van der Waals surface area contributed by atoms with Gasteiger partial charge in [-0.2, -0.15) is 0 Å². The number of carbonyl (C=O) groups excluding carboxylic acids is 1. The summed E-state index contributed by atoms with van der Waals surface area (Å²) in [7, 11) is 0. The van der Waals surface area contributed by atoms with Gasteiger partial charge in [0.05, 0.1) is 0 Å². The molecular formula is C5H6O2S. The van der Waals surface area contributed by atoms with Gasteiger partial charge in [0.15, 0.2) is 5.76 Å². The second-order valence-electron chi connectivity index (χ2n) is 1.71. The van der Waals surface area contributed by atoms with Crippen LogP contribution in [0.2, 0.25) is 0 Å². The van der Waals surface area contributed by atoms with Crippen LogP contribution in [0.1, 0.15) is 6.92 Å². The van der Waals surface area contributed by atoms with Gasteiger partial charge in [0.1, 0.15) is 0 Å². The van der Waals surface area contributed by atoms with Crippen LogP contribution in [0, 0.1) is 0 Å². The van der Waals surface area contributed by atoms with Gasteiger partial charge in [-0.25, -0.2) is 0 Å². The highest BCUT2D eigenvalue weighted by Gasteiger charge is 2.18. The van der Waals surface area contributed by atoms with Crippen molar-refractivity contribution in [1.29, 1.82) is 0 Å². The van der Waals surface area contributed by atoms with Gasteiger partial charge in [0.2, 0.25) is 0 Å². The van der Waals surface area contributed by atoms with Crippen LogP contribution in [0.3, 0.4) is 0 Å². The first-order valence-electron chi connectivity index (χ1n) is 2.27. The molecule has 0 aromatic heterocycles. The molecule has 1 rings (SSSR count). The van der Waals surface area contributed by atoms with E-state index in [0.29, 0.717) is 5.75 Å².